The number of benzene rings is 12. The number of anilines is 3. The van der Waals surface area contributed by atoms with Gasteiger partial charge in [-0.3, -0.25) is 0 Å². The summed E-state index contributed by atoms with van der Waals surface area (Å²) in [6.45, 7) is 0. The summed E-state index contributed by atoms with van der Waals surface area (Å²) in [7, 11) is 0. The van der Waals surface area contributed by atoms with Gasteiger partial charge in [-0.25, -0.2) is 0 Å². The molecular formula is C60H36N2O. The van der Waals surface area contributed by atoms with E-state index in [0.717, 1.165) is 55.6 Å². The molecule has 0 bridgehead atoms. The van der Waals surface area contributed by atoms with Crippen LogP contribution in [0.3, 0.4) is 0 Å². The van der Waals surface area contributed by atoms with Crippen molar-refractivity contribution in [2.24, 2.45) is 0 Å². The number of furan rings is 1. The maximum atomic E-state index is 6.69. The molecule has 14 aromatic rings. The van der Waals surface area contributed by atoms with E-state index < -0.39 is 0 Å². The van der Waals surface area contributed by atoms with Crippen LogP contribution < -0.4 is 4.90 Å². The smallest absolute Gasteiger partial charge is 0.143 e. The summed E-state index contributed by atoms with van der Waals surface area (Å²) >= 11 is 0. The number of rotatable bonds is 4. The zero-order valence-corrected chi connectivity index (χ0v) is 34.1. The van der Waals surface area contributed by atoms with Crippen molar-refractivity contribution in [3.05, 3.63) is 218 Å². The minimum absolute atomic E-state index is 0.874. The van der Waals surface area contributed by atoms with Crippen LogP contribution in [0.25, 0.3) is 114 Å². The molecule has 0 N–H and O–H groups in total. The number of hydrogen-bond donors (Lipinski definition) is 0. The van der Waals surface area contributed by atoms with Crippen LogP contribution in [0.5, 0.6) is 0 Å². The number of nitrogens with zero attached hydrogens (tertiary/aromatic N) is 2. The van der Waals surface area contributed by atoms with Crippen LogP contribution in [-0.4, -0.2) is 4.57 Å². The Hall–Kier alpha value is -8.40. The second-order valence-electron chi connectivity index (χ2n) is 16.9. The van der Waals surface area contributed by atoms with Gasteiger partial charge in [0.25, 0.3) is 0 Å². The second kappa shape index (κ2) is 13.1. The lowest BCUT2D eigenvalue weighted by Gasteiger charge is -2.27. The molecule has 0 aliphatic heterocycles. The van der Waals surface area contributed by atoms with Crippen molar-refractivity contribution in [3.63, 3.8) is 0 Å². The van der Waals surface area contributed by atoms with Gasteiger partial charge in [0.15, 0.2) is 0 Å². The van der Waals surface area contributed by atoms with Gasteiger partial charge in [0.05, 0.1) is 16.7 Å². The van der Waals surface area contributed by atoms with Crippen LogP contribution in [0, 0.1) is 0 Å². The molecule has 0 atom stereocenters. The van der Waals surface area contributed by atoms with Gasteiger partial charge in [-0.1, -0.05) is 146 Å². The Balaban J connectivity index is 1.10. The predicted molar refractivity (Wildman–Crippen MR) is 268 cm³/mol. The lowest BCUT2D eigenvalue weighted by Crippen LogP contribution is -2.10. The van der Waals surface area contributed by atoms with E-state index >= 15 is 0 Å². The zero-order valence-electron chi connectivity index (χ0n) is 34.1. The standard InChI is InChI=1S/C60H36N2O/c1-2-14-39-32-42(26-24-37(39)12-1)62-56-23-11-22-55(59(56)54-33-40-15-3-4-16-41(40)34-57(54)62)61(44-28-31-58-53(36-44)51-29-25-38-13-5-6-17-45(38)60(51)63-58)43-27-30-50-48-20-8-7-18-46(48)47-19-9-10-21-49(47)52(50)35-43/h1-36H. The number of fused-ring (bicyclic) bond motifs is 16. The molecule has 0 saturated heterocycles. The fourth-order valence-corrected chi connectivity index (χ4v) is 10.6. The lowest BCUT2D eigenvalue weighted by atomic mass is 9.94. The molecule has 2 heterocycles. The van der Waals surface area contributed by atoms with Crippen LogP contribution in [0.2, 0.25) is 0 Å². The Bertz CT molecular complexity index is 4190. The Morgan fingerprint density at radius 1 is 0.317 bits per heavy atom. The summed E-state index contributed by atoms with van der Waals surface area (Å²) in [5.41, 5.74) is 8.50. The first-order valence-electron chi connectivity index (χ1n) is 21.7. The van der Waals surface area contributed by atoms with Gasteiger partial charge in [-0.2, -0.15) is 0 Å². The van der Waals surface area contributed by atoms with Crippen LogP contribution in [0.4, 0.5) is 17.1 Å². The molecule has 0 radical (unpaired) electrons. The summed E-state index contributed by atoms with van der Waals surface area (Å²) in [6, 6.07) is 80.1. The third-order valence-corrected chi connectivity index (χ3v) is 13.5. The highest BCUT2D eigenvalue weighted by molar-refractivity contribution is 6.26. The molecule has 0 unspecified atom stereocenters. The third-order valence-electron chi connectivity index (χ3n) is 13.5. The molecule has 3 nitrogen and oxygen atoms in total. The molecule has 12 aromatic carbocycles. The fraction of sp³-hybridized carbons (Fsp3) is 0. The van der Waals surface area contributed by atoms with E-state index in [1.807, 2.05) is 0 Å². The molecule has 0 aliphatic carbocycles. The van der Waals surface area contributed by atoms with Gasteiger partial charge in [0, 0.05) is 44.0 Å². The molecule has 0 spiro atoms. The monoisotopic (exact) mass is 800 g/mol. The van der Waals surface area contributed by atoms with E-state index in [2.05, 4.69) is 228 Å². The van der Waals surface area contributed by atoms with Crippen molar-refractivity contribution < 1.29 is 4.42 Å². The van der Waals surface area contributed by atoms with Crippen molar-refractivity contribution in [1.82, 2.24) is 4.57 Å². The topological polar surface area (TPSA) is 21.3 Å². The van der Waals surface area contributed by atoms with E-state index in [0.29, 0.717) is 0 Å². The minimum Gasteiger partial charge on any atom is -0.455 e. The van der Waals surface area contributed by atoms with E-state index in [1.54, 1.807) is 0 Å². The Kier molecular flexibility index (Phi) is 7.11. The summed E-state index contributed by atoms with van der Waals surface area (Å²) in [5, 5.41) is 19.3. The van der Waals surface area contributed by atoms with Crippen molar-refractivity contribution in [2.75, 3.05) is 4.90 Å². The van der Waals surface area contributed by atoms with E-state index in [1.165, 1.54) is 75.5 Å². The maximum Gasteiger partial charge on any atom is 0.143 e. The molecule has 3 heteroatoms. The highest BCUT2D eigenvalue weighted by atomic mass is 16.3. The maximum absolute atomic E-state index is 6.69. The van der Waals surface area contributed by atoms with E-state index in [4.69, 9.17) is 4.42 Å². The first-order chi connectivity index (χ1) is 31.2. The van der Waals surface area contributed by atoms with Crippen molar-refractivity contribution in [3.8, 4) is 5.69 Å². The third kappa shape index (κ3) is 5.02. The normalized spacial score (nSPS) is 12.1. The molecule has 2 aromatic heterocycles. The first-order valence-corrected chi connectivity index (χ1v) is 21.7. The first kappa shape index (κ1) is 34.3. The molecular weight excluding hydrogens is 765 g/mol. The van der Waals surface area contributed by atoms with Crippen LogP contribution >= 0.6 is 0 Å². The second-order valence-corrected chi connectivity index (χ2v) is 16.9. The van der Waals surface area contributed by atoms with E-state index in [-0.39, 0.29) is 0 Å². The molecule has 292 valence electrons. The van der Waals surface area contributed by atoms with Gasteiger partial charge in [0.1, 0.15) is 11.2 Å². The van der Waals surface area contributed by atoms with Gasteiger partial charge >= 0.3 is 0 Å². The Morgan fingerprint density at radius 3 is 1.62 bits per heavy atom. The van der Waals surface area contributed by atoms with Crippen molar-refractivity contribution in [1.29, 1.82) is 0 Å². The molecule has 14 rings (SSSR count). The van der Waals surface area contributed by atoms with Crippen LogP contribution in [-0.2, 0) is 0 Å². The predicted octanol–water partition coefficient (Wildman–Crippen LogP) is 17.1. The van der Waals surface area contributed by atoms with Crippen LogP contribution in [0.15, 0.2) is 223 Å². The highest BCUT2D eigenvalue weighted by Crippen LogP contribution is 2.48. The van der Waals surface area contributed by atoms with Crippen molar-refractivity contribution >= 4 is 125 Å². The molecule has 0 amide bonds. The summed E-state index contributed by atoms with van der Waals surface area (Å²) < 4.78 is 9.15. The zero-order chi connectivity index (χ0) is 41.2. The van der Waals surface area contributed by atoms with E-state index in [9.17, 15) is 0 Å². The summed E-state index contributed by atoms with van der Waals surface area (Å²) in [4.78, 5) is 2.48. The van der Waals surface area contributed by atoms with Crippen molar-refractivity contribution in [2.45, 2.75) is 0 Å². The number of aromatic nitrogens is 1. The van der Waals surface area contributed by atoms with Gasteiger partial charge in [-0.05, 0) is 132 Å². The summed E-state index contributed by atoms with van der Waals surface area (Å²) in [6.07, 6.45) is 0. The average molecular weight is 801 g/mol. The van der Waals surface area contributed by atoms with Crippen LogP contribution in [0.1, 0.15) is 0 Å². The average Bonchev–Trinajstić information content (AvgIpc) is 3.89. The fourth-order valence-electron chi connectivity index (χ4n) is 10.6. The largest absolute Gasteiger partial charge is 0.455 e. The summed E-state index contributed by atoms with van der Waals surface area (Å²) in [5.74, 6) is 0. The molecule has 0 aliphatic rings. The minimum atomic E-state index is 0.874. The molecule has 0 saturated carbocycles. The quantitative estimate of drug-likeness (QED) is 0.165. The Morgan fingerprint density at radius 2 is 0.873 bits per heavy atom. The molecule has 63 heavy (non-hydrogen) atoms. The molecule has 0 fully saturated rings. The van der Waals surface area contributed by atoms with Gasteiger partial charge in [0.2, 0.25) is 0 Å². The van der Waals surface area contributed by atoms with Gasteiger partial charge < -0.3 is 13.9 Å². The highest BCUT2D eigenvalue weighted by Gasteiger charge is 2.24. The SMILES string of the molecule is c1ccc2cc(-n3c4cc5ccccc5cc4c4c(N(c5ccc6oc7c8ccccc8ccc7c6c5)c5ccc6c7ccccc7c7ccccc7c6c5)cccc43)ccc2c1. The number of hydrogen-bond acceptors (Lipinski definition) is 2. The lowest BCUT2D eigenvalue weighted by molar-refractivity contribution is 0.672. The Labute approximate surface area is 361 Å². The van der Waals surface area contributed by atoms with Gasteiger partial charge in [-0.15, -0.1) is 0 Å².